The van der Waals surface area contributed by atoms with Crippen LogP contribution < -0.4 is 9.47 Å². The summed E-state index contributed by atoms with van der Waals surface area (Å²) in [5, 5.41) is 0. The first-order chi connectivity index (χ1) is 14.8. The van der Waals surface area contributed by atoms with Gasteiger partial charge in [-0.2, -0.15) is 0 Å². The van der Waals surface area contributed by atoms with E-state index in [-0.39, 0.29) is 18.4 Å². The number of hydrogen-bond acceptors (Lipinski definition) is 3. The van der Waals surface area contributed by atoms with Gasteiger partial charge in [0.15, 0.2) is 0 Å². The Morgan fingerprint density at radius 3 is 2.44 bits per heavy atom. The van der Waals surface area contributed by atoms with Crippen molar-refractivity contribution < 1.29 is 23.8 Å². The molecule has 0 bridgehead atoms. The molecule has 2 rings (SSSR count). The smallest absolute Gasteiger partial charge is 0.328 e. The zero-order valence-electron chi connectivity index (χ0n) is 21.0. The molecular formula is C26H43O5P. The summed E-state index contributed by atoms with van der Waals surface area (Å²) in [6.07, 6.45) is 11.0. The van der Waals surface area contributed by atoms with Gasteiger partial charge in [-0.3, -0.25) is 4.57 Å². The summed E-state index contributed by atoms with van der Waals surface area (Å²) in [7, 11) is -4.07. The van der Waals surface area contributed by atoms with E-state index < -0.39 is 7.60 Å². The summed E-state index contributed by atoms with van der Waals surface area (Å²) in [4.78, 5) is 18.2. The van der Waals surface area contributed by atoms with E-state index in [0.29, 0.717) is 5.92 Å². The molecule has 6 heteroatoms. The van der Waals surface area contributed by atoms with E-state index >= 15 is 0 Å². The lowest BCUT2D eigenvalue weighted by atomic mass is 9.86. The molecule has 5 nitrogen and oxygen atoms in total. The Balaban J connectivity index is 2.08. The van der Waals surface area contributed by atoms with Crippen LogP contribution in [-0.2, 0) is 11.0 Å². The van der Waals surface area contributed by atoms with Crippen LogP contribution in [-0.4, -0.2) is 28.2 Å². The largest absolute Gasteiger partial charge is 0.492 e. The highest BCUT2D eigenvalue weighted by Crippen LogP contribution is 2.44. The lowest BCUT2D eigenvalue weighted by Gasteiger charge is -2.36. The van der Waals surface area contributed by atoms with Gasteiger partial charge in [0, 0.05) is 5.56 Å². The van der Waals surface area contributed by atoms with Gasteiger partial charge >= 0.3 is 7.60 Å². The molecule has 1 aliphatic heterocycles. The van der Waals surface area contributed by atoms with E-state index in [9.17, 15) is 4.57 Å². The Morgan fingerprint density at radius 2 is 1.81 bits per heavy atom. The van der Waals surface area contributed by atoms with Crippen LogP contribution >= 0.6 is 7.60 Å². The van der Waals surface area contributed by atoms with Crippen molar-refractivity contribution in [3.8, 4) is 11.5 Å². The molecule has 2 unspecified atom stereocenters. The van der Waals surface area contributed by atoms with Crippen LogP contribution in [0.4, 0.5) is 0 Å². The van der Waals surface area contributed by atoms with E-state index in [0.717, 1.165) is 58.9 Å². The molecule has 0 saturated carbocycles. The SMILES string of the molecule is Cc1c(C)c2c(c(C)c1OCCP(=O)(O)O)CCC(C)(C=CCC(C)CCCC(C)C)O2. The summed E-state index contributed by atoms with van der Waals surface area (Å²) in [5.41, 5.74) is 3.85. The van der Waals surface area contributed by atoms with Crippen molar-refractivity contribution in [1.29, 1.82) is 0 Å². The van der Waals surface area contributed by atoms with Crippen molar-refractivity contribution in [2.24, 2.45) is 11.8 Å². The molecule has 0 aliphatic carbocycles. The average molecular weight is 467 g/mol. The van der Waals surface area contributed by atoms with E-state index in [4.69, 9.17) is 19.3 Å². The predicted molar refractivity (Wildman–Crippen MR) is 132 cm³/mol. The molecule has 2 atom stereocenters. The highest BCUT2D eigenvalue weighted by Gasteiger charge is 2.33. The minimum absolute atomic E-state index is 0.000841. The first-order valence-electron chi connectivity index (χ1n) is 12.0. The van der Waals surface area contributed by atoms with Crippen molar-refractivity contribution in [3.05, 3.63) is 34.4 Å². The first kappa shape index (κ1) is 27.0. The fourth-order valence-electron chi connectivity index (χ4n) is 4.39. The van der Waals surface area contributed by atoms with Crippen molar-refractivity contribution in [2.45, 2.75) is 92.6 Å². The monoisotopic (exact) mass is 466 g/mol. The van der Waals surface area contributed by atoms with Crippen molar-refractivity contribution in [2.75, 3.05) is 12.8 Å². The average Bonchev–Trinajstić information content (AvgIpc) is 2.67. The minimum atomic E-state index is -4.07. The van der Waals surface area contributed by atoms with Crippen LogP contribution in [0.25, 0.3) is 0 Å². The molecule has 1 aromatic carbocycles. The molecule has 0 fully saturated rings. The Hall–Kier alpha value is -1.29. The summed E-state index contributed by atoms with van der Waals surface area (Å²) in [6.45, 7) is 15.1. The second-order valence-electron chi connectivity index (χ2n) is 10.2. The fraction of sp³-hybridized carbons (Fsp3) is 0.692. The molecule has 0 aromatic heterocycles. The van der Waals surface area contributed by atoms with Crippen LogP contribution in [0.2, 0.25) is 0 Å². The van der Waals surface area contributed by atoms with Gasteiger partial charge in [0.25, 0.3) is 0 Å². The maximum Gasteiger partial charge on any atom is 0.328 e. The Labute approximate surface area is 194 Å². The van der Waals surface area contributed by atoms with Crippen molar-refractivity contribution >= 4 is 7.60 Å². The van der Waals surface area contributed by atoms with E-state index in [1.807, 2.05) is 20.8 Å². The molecular weight excluding hydrogens is 423 g/mol. The minimum Gasteiger partial charge on any atom is -0.492 e. The zero-order chi connectivity index (χ0) is 24.1. The number of hydrogen-bond donors (Lipinski definition) is 2. The molecule has 0 amide bonds. The molecule has 1 aliphatic rings. The van der Waals surface area contributed by atoms with Crippen LogP contribution in [0.5, 0.6) is 11.5 Å². The lowest BCUT2D eigenvalue weighted by Crippen LogP contribution is -2.35. The van der Waals surface area contributed by atoms with Crippen molar-refractivity contribution in [3.63, 3.8) is 0 Å². The van der Waals surface area contributed by atoms with Gasteiger partial charge in [0.05, 0.1) is 12.8 Å². The summed E-state index contributed by atoms with van der Waals surface area (Å²) in [6, 6.07) is 0. The number of allylic oxidation sites excluding steroid dienone is 1. The molecule has 32 heavy (non-hydrogen) atoms. The molecule has 1 aromatic rings. The topological polar surface area (TPSA) is 76.0 Å². The van der Waals surface area contributed by atoms with Gasteiger partial charge in [-0.25, -0.2) is 0 Å². The van der Waals surface area contributed by atoms with Gasteiger partial charge in [-0.15, -0.1) is 0 Å². The maximum absolute atomic E-state index is 11.2. The fourth-order valence-corrected chi connectivity index (χ4v) is 4.72. The highest BCUT2D eigenvalue weighted by atomic mass is 31.2. The lowest BCUT2D eigenvalue weighted by molar-refractivity contribution is 0.112. The third-order valence-corrected chi connectivity index (χ3v) is 7.40. The van der Waals surface area contributed by atoms with E-state index in [1.165, 1.54) is 19.3 Å². The number of fused-ring (bicyclic) bond motifs is 1. The predicted octanol–water partition coefficient (Wildman–Crippen LogP) is 6.66. The molecule has 0 saturated heterocycles. The summed E-state index contributed by atoms with van der Waals surface area (Å²) < 4.78 is 23.5. The quantitative estimate of drug-likeness (QED) is 0.282. The standard InChI is InChI=1S/C26H43O5P/c1-18(2)10-8-11-19(3)12-9-14-26(7)15-13-23-22(6)24(30-16-17-32(27,28)29)20(4)21(5)25(23)31-26/h9,14,18-19H,8,10-13,15-17H2,1-7H3,(H2,27,28,29). The Kier molecular flexibility index (Phi) is 9.46. The summed E-state index contributed by atoms with van der Waals surface area (Å²) >= 11 is 0. The normalized spacial score (nSPS) is 19.8. The van der Waals surface area contributed by atoms with Crippen LogP contribution in [0.1, 0.15) is 82.1 Å². The molecule has 0 radical (unpaired) electrons. The van der Waals surface area contributed by atoms with Crippen LogP contribution in [0.3, 0.4) is 0 Å². The van der Waals surface area contributed by atoms with E-state index in [1.54, 1.807) is 0 Å². The molecule has 0 spiro atoms. The zero-order valence-corrected chi connectivity index (χ0v) is 21.9. The third-order valence-electron chi connectivity index (χ3n) is 6.63. The Morgan fingerprint density at radius 1 is 1.12 bits per heavy atom. The molecule has 1 heterocycles. The van der Waals surface area contributed by atoms with Gasteiger partial charge < -0.3 is 19.3 Å². The maximum atomic E-state index is 11.2. The van der Waals surface area contributed by atoms with E-state index in [2.05, 4.69) is 39.8 Å². The van der Waals surface area contributed by atoms with Gasteiger partial charge in [-0.05, 0) is 81.6 Å². The summed E-state index contributed by atoms with van der Waals surface area (Å²) in [5.74, 6) is 3.13. The number of ether oxygens (including phenoxy) is 2. The molecule has 182 valence electrons. The second-order valence-corrected chi connectivity index (χ2v) is 12.0. The highest BCUT2D eigenvalue weighted by molar-refractivity contribution is 7.51. The Bertz CT molecular complexity index is 855. The number of rotatable bonds is 11. The van der Waals surface area contributed by atoms with Gasteiger partial charge in [0.2, 0.25) is 0 Å². The van der Waals surface area contributed by atoms with Gasteiger partial charge in [-0.1, -0.05) is 46.1 Å². The van der Waals surface area contributed by atoms with Gasteiger partial charge in [0.1, 0.15) is 17.1 Å². The van der Waals surface area contributed by atoms with Crippen molar-refractivity contribution in [1.82, 2.24) is 0 Å². The number of benzene rings is 1. The molecule has 2 N–H and O–H groups in total. The first-order valence-corrected chi connectivity index (χ1v) is 13.8. The third kappa shape index (κ3) is 7.64. The second kappa shape index (κ2) is 11.2. The van der Waals surface area contributed by atoms with Crippen LogP contribution in [0, 0.1) is 32.6 Å². The van der Waals surface area contributed by atoms with Crippen LogP contribution in [0.15, 0.2) is 12.2 Å².